The first-order chi connectivity index (χ1) is 13.7. The van der Waals surface area contributed by atoms with Crippen LogP contribution in [0.3, 0.4) is 0 Å². The van der Waals surface area contributed by atoms with Gasteiger partial charge in [0.05, 0.1) is 5.69 Å². The van der Waals surface area contributed by atoms with Gasteiger partial charge in [-0.15, -0.1) is 0 Å². The van der Waals surface area contributed by atoms with Crippen molar-refractivity contribution in [3.05, 3.63) is 36.2 Å². The number of aryl methyl sites for hydroxylation is 1. The Hall–Kier alpha value is -2.28. The average Bonchev–Trinajstić information content (AvgIpc) is 3.23. The summed E-state index contributed by atoms with van der Waals surface area (Å²) in [7, 11) is 0. The van der Waals surface area contributed by atoms with Crippen LogP contribution in [0.2, 0.25) is 0 Å². The van der Waals surface area contributed by atoms with Crippen LogP contribution in [0.15, 0.2) is 24.8 Å². The molecule has 1 atom stereocenters. The Kier molecular flexibility index (Phi) is 7.54. The van der Waals surface area contributed by atoms with Crippen LogP contribution in [0.5, 0.6) is 0 Å². The Labute approximate surface area is 167 Å². The summed E-state index contributed by atoms with van der Waals surface area (Å²) in [6.07, 6.45) is 13.3. The van der Waals surface area contributed by atoms with E-state index >= 15 is 0 Å². The number of likely N-dealkylation sites (tertiary alicyclic amines) is 1. The van der Waals surface area contributed by atoms with Gasteiger partial charge < -0.3 is 5.32 Å². The first-order valence-electron chi connectivity index (χ1n) is 10.5. The number of carbonyl (C=O) groups excluding carboxylic acids is 1. The minimum atomic E-state index is -0.365. The summed E-state index contributed by atoms with van der Waals surface area (Å²) < 4.78 is 1.78. The molecule has 1 amide bonds. The van der Waals surface area contributed by atoms with Gasteiger partial charge in [-0.05, 0) is 45.3 Å². The molecule has 1 aliphatic heterocycles. The first-order valence-corrected chi connectivity index (χ1v) is 10.5. The molecule has 7 heteroatoms. The van der Waals surface area contributed by atoms with Crippen LogP contribution in [0.1, 0.15) is 69.3 Å². The van der Waals surface area contributed by atoms with E-state index in [0.29, 0.717) is 5.95 Å². The van der Waals surface area contributed by atoms with Crippen LogP contribution in [0.4, 0.5) is 0 Å². The van der Waals surface area contributed by atoms with Gasteiger partial charge in [0.2, 0.25) is 11.9 Å². The fourth-order valence-corrected chi connectivity index (χ4v) is 3.73. The Morgan fingerprint density at radius 2 is 2.00 bits per heavy atom. The third-order valence-corrected chi connectivity index (χ3v) is 5.21. The van der Waals surface area contributed by atoms with Crippen molar-refractivity contribution in [2.24, 2.45) is 0 Å². The molecule has 1 unspecified atom stereocenters. The maximum atomic E-state index is 13.2. The molecule has 152 valence electrons. The van der Waals surface area contributed by atoms with Crippen molar-refractivity contribution >= 4 is 5.91 Å². The number of amides is 1. The van der Waals surface area contributed by atoms with Crippen molar-refractivity contribution in [1.29, 1.82) is 0 Å². The predicted molar refractivity (Wildman–Crippen MR) is 109 cm³/mol. The molecule has 7 nitrogen and oxygen atoms in total. The molecule has 0 aliphatic carbocycles. The lowest BCUT2D eigenvalue weighted by molar-refractivity contribution is -0.127. The molecule has 2 aromatic heterocycles. The Balaban J connectivity index is 1.81. The second kappa shape index (κ2) is 10.3. The lowest BCUT2D eigenvalue weighted by Gasteiger charge is -2.33. The van der Waals surface area contributed by atoms with Crippen molar-refractivity contribution in [1.82, 2.24) is 29.7 Å². The van der Waals surface area contributed by atoms with E-state index in [1.165, 1.54) is 19.3 Å². The van der Waals surface area contributed by atoms with Gasteiger partial charge >= 0.3 is 0 Å². The van der Waals surface area contributed by atoms with Crippen LogP contribution in [0.25, 0.3) is 5.95 Å². The fourth-order valence-electron chi connectivity index (χ4n) is 3.73. The van der Waals surface area contributed by atoms with Crippen LogP contribution in [-0.2, 0) is 4.79 Å². The van der Waals surface area contributed by atoms with Crippen molar-refractivity contribution in [3.8, 4) is 5.95 Å². The lowest BCUT2D eigenvalue weighted by atomic mass is 10.0. The minimum absolute atomic E-state index is 0.0491. The summed E-state index contributed by atoms with van der Waals surface area (Å²) in [4.78, 5) is 28.8. The van der Waals surface area contributed by atoms with E-state index in [9.17, 15) is 4.79 Å². The molecule has 3 heterocycles. The summed E-state index contributed by atoms with van der Waals surface area (Å²) >= 11 is 0. The second-order valence-corrected chi connectivity index (χ2v) is 7.55. The molecule has 1 fully saturated rings. The number of unbranched alkanes of at least 4 members (excludes halogenated alkanes) is 3. The maximum Gasteiger partial charge on any atom is 0.243 e. The molecule has 0 bridgehead atoms. The maximum absolute atomic E-state index is 13.2. The number of hydrogen-bond acceptors (Lipinski definition) is 5. The quantitative estimate of drug-likeness (QED) is 0.672. The SMILES string of the molecule is CCCCCCNC(=O)C(c1cc(C)nc(-n2ccnc2)n1)N1CCCCC1. The summed E-state index contributed by atoms with van der Waals surface area (Å²) in [6.45, 7) is 6.72. The van der Waals surface area contributed by atoms with Crippen LogP contribution < -0.4 is 5.32 Å². The zero-order chi connectivity index (χ0) is 19.8. The van der Waals surface area contributed by atoms with Crippen molar-refractivity contribution < 1.29 is 4.79 Å². The van der Waals surface area contributed by atoms with Gasteiger partial charge in [0.15, 0.2) is 0 Å². The number of rotatable bonds is 9. The van der Waals surface area contributed by atoms with Crippen molar-refractivity contribution in [2.45, 2.75) is 64.8 Å². The topological polar surface area (TPSA) is 75.9 Å². The summed E-state index contributed by atoms with van der Waals surface area (Å²) in [6, 6.07) is 1.58. The molecular weight excluding hydrogens is 352 g/mol. The molecule has 1 aliphatic rings. The highest BCUT2D eigenvalue weighted by atomic mass is 16.2. The van der Waals surface area contributed by atoms with E-state index in [0.717, 1.165) is 56.7 Å². The van der Waals surface area contributed by atoms with Gasteiger partial charge in [0, 0.05) is 24.6 Å². The number of piperidine rings is 1. The van der Waals surface area contributed by atoms with Gasteiger partial charge in [-0.25, -0.2) is 15.0 Å². The predicted octanol–water partition coefficient (Wildman–Crippen LogP) is 3.19. The zero-order valence-electron chi connectivity index (χ0n) is 17.1. The van der Waals surface area contributed by atoms with Gasteiger partial charge in [-0.2, -0.15) is 0 Å². The molecule has 1 saturated heterocycles. The van der Waals surface area contributed by atoms with Gasteiger partial charge in [0.25, 0.3) is 0 Å². The largest absolute Gasteiger partial charge is 0.354 e. The van der Waals surface area contributed by atoms with E-state index in [1.807, 2.05) is 19.2 Å². The van der Waals surface area contributed by atoms with Crippen molar-refractivity contribution in [3.63, 3.8) is 0 Å². The number of carbonyl (C=O) groups is 1. The van der Waals surface area contributed by atoms with E-state index in [1.54, 1.807) is 17.1 Å². The highest BCUT2D eigenvalue weighted by Crippen LogP contribution is 2.25. The van der Waals surface area contributed by atoms with Crippen LogP contribution >= 0.6 is 0 Å². The lowest BCUT2D eigenvalue weighted by Crippen LogP contribution is -2.43. The molecule has 28 heavy (non-hydrogen) atoms. The molecule has 3 rings (SSSR count). The molecule has 1 N–H and O–H groups in total. The smallest absolute Gasteiger partial charge is 0.243 e. The summed E-state index contributed by atoms with van der Waals surface area (Å²) in [5.41, 5.74) is 1.62. The van der Waals surface area contributed by atoms with E-state index < -0.39 is 0 Å². The van der Waals surface area contributed by atoms with E-state index in [-0.39, 0.29) is 11.9 Å². The fraction of sp³-hybridized carbons (Fsp3) is 0.619. The number of hydrogen-bond donors (Lipinski definition) is 1. The number of aromatic nitrogens is 4. The van der Waals surface area contributed by atoms with Gasteiger partial charge in [0.1, 0.15) is 12.4 Å². The third kappa shape index (κ3) is 5.38. The number of nitrogens with one attached hydrogen (secondary N) is 1. The summed E-state index contributed by atoms with van der Waals surface area (Å²) in [5.74, 6) is 0.610. The highest BCUT2D eigenvalue weighted by Gasteiger charge is 2.30. The molecular formula is C21H32N6O. The minimum Gasteiger partial charge on any atom is -0.354 e. The summed E-state index contributed by atoms with van der Waals surface area (Å²) in [5, 5.41) is 3.15. The Morgan fingerprint density at radius 1 is 1.18 bits per heavy atom. The third-order valence-electron chi connectivity index (χ3n) is 5.21. The van der Waals surface area contributed by atoms with E-state index in [2.05, 4.69) is 27.1 Å². The normalized spacial score (nSPS) is 16.1. The van der Waals surface area contributed by atoms with Crippen LogP contribution in [0, 0.1) is 6.92 Å². The van der Waals surface area contributed by atoms with Gasteiger partial charge in [-0.3, -0.25) is 14.3 Å². The van der Waals surface area contributed by atoms with E-state index in [4.69, 9.17) is 4.98 Å². The Morgan fingerprint density at radius 3 is 2.71 bits per heavy atom. The molecule has 0 saturated carbocycles. The molecule has 2 aromatic rings. The number of imidazole rings is 1. The number of nitrogens with zero attached hydrogens (tertiary/aromatic N) is 5. The van der Waals surface area contributed by atoms with Crippen molar-refractivity contribution in [2.75, 3.05) is 19.6 Å². The van der Waals surface area contributed by atoms with Crippen LogP contribution in [-0.4, -0.2) is 50.0 Å². The molecule has 0 aromatic carbocycles. The molecule has 0 spiro atoms. The average molecular weight is 385 g/mol. The second-order valence-electron chi connectivity index (χ2n) is 7.55. The monoisotopic (exact) mass is 384 g/mol. The zero-order valence-corrected chi connectivity index (χ0v) is 17.1. The highest BCUT2D eigenvalue weighted by molar-refractivity contribution is 5.82. The van der Waals surface area contributed by atoms with Gasteiger partial charge in [-0.1, -0.05) is 32.6 Å². The standard InChI is InChI=1S/C21H32N6O/c1-3-4-5-7-10-23-20(28)19(26-12-8-6-9-13-26)18-15-17(2)24-21(25-18)27-14-11-22-16-27/h11,14-16,19H,3-10,12-13H2,1-2H3,(H,23,28). The first kappa shape index (κ1) is 20.5. The Bertz CT molecular complexity index is 739. The molecule has 0 radical (unpaired) electrons.